The maximum Gasteiger partial charge on any atom is 0.242 e. The molecule has 2 aromatic rings. The van der Waals surface area contributed by atoms with E-state index < -0.39 is 16.1 Å². The molecule has 0 fully saturated rings. The van der Waals surface area contributed by atoms with E-state index >= 15 is 0 Å². The van der Waals surface area contributed by atoms with Gasteiger partial charge in [-0.25, -0.2) is 8.42 Å². The van der Waals surface area contributed by atoms with Gasteiger partial charge in [0.25, 0.3) is 0 Å². The molecule has 0 spiro atoms. The lowest BCUT2D eigenvalue weighted by Crippen LogP contribution is -2.49. The van der Waals surface area contributed by atoms with Crippen molar-refractivity contribution >= 4 is 27.5 Å². The van der Waals surface area contributed by atoms with Crippen molar-refractivity contribution < 1.29 is 22.7 Å². The van der Waals surface area contributed by atoms with Crippen LogP contribution in [0.2, 0.25) is 0 Å². The van der Waals surface area contributed by atoms with Crippen LogP contribution in [-0.4, -0.2) is 56.6 Å². The van der Waals surface area contributed by atoms with Crippen LogP contribution < -0.4 is 14.4 Å². The lowest BCUT2D eigenvalue weighted by Gasteiger charge is -2.30. The Morgan fingerprint density at radius 1 is 1.05 bits per heavy atom. The molecule has 0 aromatic heterocycles. The normalized spacial score (nSPS) is 12.9. The Bertz CT molecular complexity index is 1130. The van der Waals surface area contributed by atoms with Crippen molar-refractivity contribution in [3.8, 4) is 5.75 Å². The third-order valence-corrected chi connectivity index (χ3v) is 7.39. The van der Waals surface area contributed by atoms with Crippen molar-refractivity contribution in [2.24, 2.45) is 0 Å². The zero-order valence-corrected chi connectivity index (χ0v) is 23.7. The van der Waals surface area contributed by atoms with E-state index in [9.17, 15) is 18.0 Å². The second-order valence-electron chi connectivity index (χ2n) is 9.37. The van der Waals surface area contributed by atoms with Gasteiger partial charge in [0.2, 0.25) is 21.8 Å². The second-order valence-corrected chi connectivity index (χ2v) is 11.3. The lowest BCUT2D eigenvalue weighted by atomic mass is 10.1. The van der Waals surface area contributed by atoms with E-state index in [2.05, 4.69) is 5.32 Å². The Balaban J connectivity index is 2.16. The fourth-order valence-corrected chi connectivity index (χ4v) is 4.90. The van der Waals surface area contributed by atoms with Gasteiger partial charge in [-0.05, 0) is 70.4 Å². The number of hydrogen-bond donors (Lipinski definition) is 1. The van der Waals surface area contributed by atoms with Crippen LogP contribution in [0.3, 0.4) is 0 Å². The van der Waals surface area contributed by atoms with E-state index in [0.717, 1.165) is 23.8 Å². The molecule has 1 N–H and O–H groups in total. The monoisotopic (exact) mass is 531 g/mol. The van der Waals surface area contributed by atoms with Gasteiger partial charge in [-0.1, -0.05) is 36.8 Å². The van der Waals surface area contributed by atoms with Crippen LogP contribution in [-0.2, 0) is 26.2 Å². The van der Waals surface area contributed by atoms with Crippen LogP contribution in [0.5, 0.6) is 5.75 Å². The van der Waals surface area contributed by atoms with Crippen molar-refractivity contribution in [3.63, 3.8) is 0 Å². The minimum atomic E-state index is -3.56. The summed E-state index contributed by atoms with van der Waals surface area (Å²) in [6.45, 7) is 10.5. The highest BCUT2D eigenvalue weighted by Gasteiger charge is 2.27. The molecule has 2 atom stereocenters. The molecule has 0 aliphatic heterocycles. The third-order valence-electron chi connectivity index (χ3n) is 6.19. The first kappa shape index (κ1) is 30.2. The van der Waals surface area contributed by atoms with Gasteiger partial charge < -0.3 is 15.0 Å². The highest BCUT2D eigenvalue weighted by Crippen LogP contribution is 2.22. The summed E-state index contributed by atoms with van der Waals surface area (Å²) in [4.78, 5) is 27.8. The second kappa shape index (κ2) is 14.0. The number of rotatable bonds is 14. The topological polar surface area (TPSA) is 96.0 Å². The third kappa shape index (κ3) is 9.39. The van der Waals surface area contributed by atoms with E-state index in [-0.39, 0.29) is 30.8 Å². The molecule has 2 rings (SSSR count). The fourth-order valence-electron chi connectivity index (χ4n) is 3.93. The molecule has 204 valence electrons. The Kier molecular flexibility index (Phi) is 11.4. The smallest absolute Gasteiger partial charge is 0.242 e. The molecule has 2 amide bonds. The summed E-state index contributed by atoms with van der Waals surface area (Å²) < 4.78 is 31.7. The quantitative estimate of drug-likeness (QED) is 0.393. The number of carbonyl (C=O) groups excluding carboxylic acids is 2. The maximum absolute atomic E-state index is 13.4. The number of hydrogen-bond acceptors (Lipinski definition) is 5. The highest BCUT2D eigenvalue weighted by molar-refractivity contribution is 7.92. The molecule has 0 aliphatic rings. The molecule has 0 radical (unpaired) electrons. The van der Waals surface area contributed by atoms with E-state index in [0.29, 0.717) is 31.0 Å². The SMILES string of the molecule is CCOc1ccc(N(CCCC(=O)N(Cc2cccc(C)c2)[C@H](C)C(=O)N[C@H](C)CC)S(C)(=O)=O)cc1. The Morgan fingerprint density at radius 2 is 1.73 bits per heavy atom. The van der Waals surface area contributed by atoms with Gasteiger partial charge in [-0.3, -0.25) is 13.9 Å². The molecule has 0 saturated carbocycles. The molecular weight excluding hydrogens is 490 g/mol. The van der Waals surface area contributed by atoms with Gasteiger partial charge in [0.1, 0.15) is 11.8 Å². The van der Waals surface area contributed by atoms with Crippen molar-refractivity contribution in [2.45, 2.75) is 72.5 Å². The van der Waals surface area contributed by atoms with Gasteiger partial charge in [-0.2, -0.15) is 0 Å². The number of nitrogens with one attached hydrogen (secondary N) is 1. The van der Waals surface area contributed by atoms with E-state index in [1.165, 1.54) is 4.31 Å². The Morgan fingerprint density at radius 3 is 2.30 bits per heavy atom. The lowest BCUT2D eigenvalue weighted by molar-refractivity contribution is -0.140. The molecule has 0 saturated heterocycles. The van der Waals surface area contributed by atoms with Gasteiger partial charge in [0.15, 0.2) is 0 Å². The van der Waals surface area contributed by atoms with Crippen LogP contribution >= 0.6 is 0 Å². The number of sulfonamides is 1. The zero-order valence-electron chi connectivity index (χ0n) is 22.9. The van der Waals surface area contributed by atoms with Crippen molar-refractivity contribution in [1.29, 1.82) is 0 Å². The first-order valence-corrected chi connectivity index (χ1v) is 14.7. The number of amides is 2. The zero-order chi connectivity index (χ0) is 27.6. The average Bonchev–Trinajstić information content (AvgIpc) is 2.84. The van der Waals surface area contributed by atoms with Gasteiger partial charge in [0, 0.05) is 25.6 Å². The van der Waals surface area contributed by atoms with Crippen LogP contribution in [0.1, 0.15) is 58.1 Å². The van der Waals surface area contributed by atoms with Crippen LogP contribution in [0.15, 0.2) is 48.5 Å². The van der Waals surface area contributed by atoms with Crippen molar-refractivity contribution in [1.82, 2.24) is 10.2 Å². The largest absolute Gasteiger partial charge is 0.494 e. The predicted molar refractivity (Wildman–Crippen MR) is 148 cm³/mol. The number of nitrogens with zero attached hydrogens (tertiary/aromatic N) is 2. The molecule has 0 unspecified atom stereocenters. The van der Waals surface area contributed by atoms with Gasteiger partial charge in [-0.15, -0.1) is 0 Å². The maximum atomic E-state index is 13.4. The summed E-state index contributed by atoms with van der Waals surface area (Å²) in [5, 5.41) is 2.96. The molecule has 2 aromatic carbocycles. The first-order chi connectivity index (χ1) is 17.5. The molecule has 0 aliphatic carbocycles. The molecule has 8 nitrogen and oxygen atoms in total. The number of benzene rings is 2. The van der Waals surface area contributed by atoms with Gasteiger partial charge >= 0.3 is 0 Å². The average molecular weight is 532 g/mol. The Hall–Kier alpha value is -3.07. The summed E-state index contributed by atoms with van der Waals surface area (Å²) >= 11 is 0. The van der Waals surface area contributed by atoms with E-state index in [4.69, 9.17) is 4.74 Å². The van der Waals surface area contributed by atoms with Crippen LogP contribution in [0.4, 0.5) is 5.69 Å². The molecule has 0 heterocycles. The molecule has 0 bridgehead atoms. The number of carbonyl (C=O) groups is 2. The van der Waals surface area contributed by atoms with Crippen molar-refractivity contribution in [2.75, 3.05) is 23.7 Å². The number of anilines is 1. The fraction of sp³-hybridized carbons (Fsp3) is 0.500. The summed E-state index contributed by atoms with van der Waals surface area (Å²) in [7, 11) is -3.56. The first-order valence-electron chi connectivity index (χ1n) is 12.8. The van der Waals surface area contributed by atoms with Crippen molar-refractivity contribution in [3.05, 3.63) is 59.7 Å². The molecule has 9 heteroatoms. The standard InChI is InChI=1S/C28H41N3O5S/c1-7-22(4)29-28(33)23(5)30(20-24-12-9-11-21(3)19-24)27(32)13-10-18-31(37(6,34)35)25-14-16-26(17-15-25)36-8-2/h9,11-12,14-17,19,22-23H,7-8,10,13,18,20H2,1-6H3,(H,29,33)/t22-,23-/m1/s1. The predicted octanol–water partition coefficient (Wildman–Crippen LogP) is 4.27. The van der Waals surface area contributed by atoms with E-state index in [1.54, 1.807) is 36.1 Å². The van der Waals surface area contributed by atoms with Gasteiger partial charge in [0.05, 0.1) is 18.6 Å². The van der Waals surface area contributed by atoms with Crippen LogP contribution in [0, 0.1) is 6.92 Å². The summed E-state index contributed by atoms with van der Waals surface area (Å²) in [6.07, 6.45) is 2.35. The molecule has 37 heavy (non-hydrogen) atoms. The van der Waals surface area contributed by atoms with Crippen LogP contribution in [0.25, 0.3) is 0 Å². The number of ether oxygens (including phenoxy) is 1. The molecular formula is C28H41N3O5S. The summed E-state index contributed by atoms with van der Waals surface area (Å²) in [5.74, 6) is 0.252. The minimum Gasteiger partial charge on any atom is -0.494 e. The minimum absolute atomic E-state index is 0.00306. The summed E-state index contributed by atoms with van der Waals surface area (Å²) in [5.41, 5.74) is 2.51. The summed E-state index contributed by atoms with van der Waals surface area (Å²) in [6, 6.07) is 14.0. The highest BCUT2D eigenvalue weighted by atomic mass is 32.2. The number of aryl methyl sites for hydroxylation is 1. The Labute approximate surface area is 222 Å². The van der Waals surface area contributed by atoms with E-state index in [1.807, 2.05) is 52.0 Å².